The Balaban J connectivity index is 1.40. The molecule has 1 aliphatic carbocycles. The molecule has 2 heterocycles. The van der Waals surface area contributed by atoms with Gasteiger partial charge < -0.3 is 4.74 Å². The van der Waals surface area contributed by atoms with Crippen LogP contribution < -0.4 is 4.72 Å². The van der Waals surface area contributed by atoms with Crippen LogP contribution in [-0.4, -0.2) is 40.0 Å². The Labute approximate surface area is 191 Å². The van der Waals surface area contributed by atoms with Crippen molar-refractivity contribution in [3.05, 3.63) is 75.2 Å². The molecule has 1 aliphatic heterocycles. The number of fused-ring (bicyclic) bond motifs is 4. The molecule has 166 valence electrons. The van der Waals surface area contributed by atoms with Gasteiger partial charge in [0.2, 0.25) is 0 Å². The van der Waals surface area contributed by atoms with E-state index in [-0.39, 0.29) is 9.77 Å². The average Bonchev–Trinajstić information content (AvgIpc) is 3.36. The zero-order valence-electron chi connectivity index (χ0n) is 18.0. The zero-order valence-corrected chi connectivity index (χ0v) is 19.6. The molecule has 32 heavy (non-hydrogen) atoms. The smallest absolute Gasteiger partial charge is 0.340 e. The summed E-state index contributed by atoms with van der Waals surface area (Å²) < 4.78 is 32.3. The van der Waals surface area contributed by atoms with Crippen molar-refractivity contribution in [2.24, 2.45) is 0 Å². The number of methoxy groups -OCH3 is 1. The summed E-state index contributed by atoms with van der Waals surface area (Å²) in [6, 6.07) is 15.2. The minimum Gasteiger partial charge on any atom is -0.465 e. The maximum atomic E-state index is 12.5. The summed E-state index contributed by atoms with van der Waals surface area (Å²) in [6.45, 7) is 2.15. The molecule has 0 atom stereocenters. The highest BCUT2D eigenvalue weighted by Gasteiger charge is 2.33. The molecule has 1 N–H and O–H groups in total. The van der Waals surface area contributed by atoms with E-state index in [9.17, 15) is 13.2 Å². The van der Waals surface area contributed by atoms with E-state index in [1.807, 2.05) is 0 Å². The molecular formula is C24H24N2O4S2. The summed E-state index contributed by atoms with van der Waals surface area (Å²) in [7, 11) is -1.10. The number of nitrogens with one attached hydrogen (secondary N) is 1. The minimum absolute atomic E-state index is 0.0500. The van der Waals surface area contributed by atoms with E-state index >= 15 is 0 Å². The summed E-state index contributed by atoms with van der Waals surface area (Å²) in [5, 5.41) is 0. The molecule has 0 amide bonds. The monoisotopic (exact) mass is 468 g/mol. The first-order valence-corrected chi connectivity index (χ1v) is 12.8. The summed E-state index contributed by atoms with van der Waals surface area (Å²) >= 11 is 1.17. The van der Waals surface area contributed by atoms with Crippen molar-refractivity contribution >= 4 is 27.3 Å². The number of benzene rings is 2. The molecule has 3 aromatic rings. The van der Waals surface area contributed by atoms with Gasteiger partial charge in [0.15, 0.2) is 0 Å². The molecule has 2 aliphatic rings. The number of hydrogen-bond acceptors (Lipinski definition) is 6. The lowest BCUT2D eigenvalue weighted by molar-refractivity contribution is 0.0595. The SMILES string of the molecule is CNS(=O)(=O)c1sc2c(c1C(=O)OC)CCN(Cc1ccc3c(c1)Cc1ccccc1-3)C2. The second-order valence-corrected chi connectivity index (χ2v) is 11.3. The molecule has 5 rings (SSSR count). The van der Waals surface area contributed by atoms with E-state index in [2.05, 4.69) is 52.1 Å². The normalized spacial score (nSPS) is 15.2. The molecule has 0 radical (unpaired) electrons. The van der Waals surface area contributed by atoms with Crippen LogP contribution in [0.5, 0.6) is 0 Å². The van der Waals surface area contributed by atoms with Gasteiger partial charge in [0.1, 0.15) is 4.21 Å². The van der Waals surface area contributed by atoms with E-state index in [4.69, 9.17) is 4.74 Å². The number of esters is 1. The standard InChI is InChI=1S/C24H24N2O4S2/c1-25-32(28,29)24-22(23(27)30-2)20-9-10-26(14-21(20)31-24)13-15-7-8-19-17(11-15)12-16-5-3-4-6-18(16)19/h3-8,11,25H,9-10,12-14H2,1-2H3. The van der Waals surface area contributed by atoms with E-state index in [1.165, 1.54) is 53.3 Å². The molecule has 1 aromatic heterocycles. The average molecular weight is 469 g/mol. The van der Waals surface area contributed by atoms with Crippen molar-refractivity contribution < 1.29 is 17.9 Å². The summed E-state index contributed by atoms with van der Waals surface area (Å²) in [4.78, 5) is 15.6. The number of thiophene rings is 1. The van der Waals surface area contributed by atoms with Crippen LogP contribution in [0.3, 0.4) is 0 Å². The molecule has 0 saturated carbocycles. The van der Waals surface area contributed by atoms with E-state index < -0.39 is 16.0 Å². The molecule has 0 unspecified atom stereocenters. The van der Waals surface area contributed by atoms with Crippen molar-refractivity contribution in [1.29, 1.82) is 0 Å². The summed E-state index contributed by atoms with van der Waals surface area (Å²) in [5.41, 5.74) is 7.60. The molecule has 2 aromatic carbocycles. The highest BCUT2D eigenvalue weighted by Crippen LogP contribution is 2.39. The molecule has 0 fully saturated rings. The van der Waals surface area contributed by atoms with E-state index in [1.54, 1.807) is 0 Å². The van der Waals surface area contributed by atoms with Crippen molar-refractivity contribution in [2.75, 3.05) is 20.7 Å². The molecule has 8 heteroatoms. The maximum absolute atomic E-state index is 12.5. The fourth-order valence-electron chi connectivity index (χ4n) is 4.71. The lowest BCUT2D eigenvalue weighted by atomic mass is 10.0. The molecule has 0 spiro atoms. The Kier molecular flexibility index (Phi) is 5.41. The number of carbonyl (C=O) groups excluding carboxylic acids is 1. The lowest BCUT2D eigenvalue weighted by Gasteiger charge is -2.27. The van der Waals surface area contributed by atoms with Gasteiger partial charge in [0.25, 0.3) is 10.0 Å². The van der Waals surface area contributed by atoms with Crippen molar-refractivity contribution in [1.82, 2.24) is 9.62 Å². The Morgan fingerprint density at radius 3 is 2.72 bits per heavy atom. The fraction of sp³-hybridized carbons (Fsp3) is 0.292. The van der Waals surface area contributed by atoms with Crippen LogP contribution in [-0.2, 0) is 40.7 Å². The van der Waals surface area contributed by atoms with Crippen LogP contribution in [0, 0.1) is 0 Å². The van der Waals surface area contributed by atoms with Gasteiger partial charge in [-0.1, -0.05) is 42.5 Å². The van der Waals surface area contributed by atoms with Gasteiger partial charge in [-0.25, -0.2) is 17.9 Å². The topological polar surface area (TPSA) is 75.7 Å². The summed E-state index contributed by atoms with van der Waals surface area (Å²) in [5.74, 6) is -0.594. The highest BCUT2D eigenvalue weighted by molar-refractivity contribution is 7.91. The summed E-state index contributed by atoms with van der Waals surface area (Å²) in [6.07, 6.45) is 1.58. The second-order valence-electron chi connectivity index (χ2n) is 8.15. The van der Waals surface area contributed by atoms with Gasteiger partial charge in [-0.3, -0.25) is 4.90 Å². The van der Waals surface area contributed by atoms with Crippen molar-refractivity contribution in [3.63, 3.8) is 0 Å². The van der Waals surface area contributed by atoms with Crippen molar-refractivity contribution in [2.45, 2.75) is 30.1 Å². The zero-order chi connectivity index (χ0) is 22.5. The molecule has 0 saturated heterocycles. The van der Waals surface area contributed by atoms with Crippen LogP contribution in [0.15, 0.2) is 46.7 Å². The van der Waals surface area contributed by atoms with Crippen molar-refractivity contribution in [3.8, 4) is 11.1 Å². The lowest BCUT2D eigenvalue weighted by Crippen LogP contribution is -2.30. The Morgan fingerprint density at radius 2 is 1.94 bits per heavy atom. The predicted molar refractivity (Wildman–Crippen MR) is 124 cm³/mol. The number of nitrogens with zero attached hydrogens (tertiary/aromatic N) is 1. The molecule has 0 bridgehead atoms. The maximum Gasteiger partial charge on any atom is 0.340 e. The third-order valence-corrected chi connectivity index (χ3v) is 9.42. The Hall–Kier alpha value is -2.52. The van der Waals surface area contributed by atoms with Crippen LogP contribution in [0.2, 0.25) is 0 Å². The van der Waals surface area contributed by atoms with Gasteiger partial charge >= 0.3 is 5.97 Å². The number of hydrogen-bond donors (Lipinski definition) is 1. The van der Waals surface area contributed by atoms with E-state index in [0.29, 0.717) is 13.0 Å². The number of ether oxygens (including phenoxy) is 1. The van der Waals surface area contributed by atoms with Crippen LogP contribution in [0.1, 0.15) is 37.5 Å². The minimum atomic E-state index is -3.74. The molecular weight excluding hydrogens is 444 g/mol. The first kappa shape index (κ1) is 21.3. The van der Waals surface area contributed by atoms with Gasteiger partial charge in [-0.05, 0) is 53.3 Å². The van der Waals surface area contributed by atoms with Gasteiger partial charge in [0.05, 0.1) is 12.7 Å². The molecule has 6 nitrogen and oxygen atoms in total. The largest absolute Gasteiger partial charge is 0.465 e. The number of sulfonamides is 1. The Bertz CT molecular complexity index is 1330. The quantitative estimate of drug-likeness (QED) is 0.453. The first-order valence-electron chi connectivity index (χ1n) is 10.5. The fourth-order valence-corrected chi connectivity index (χ4v) is 7.47. The Morgan fingerprint density at radius 1 is 1.16 bits per heavy atom. The van der Waals surface area contributed by atoms with Crippen LogP contribution in [0.4, 0.5) is 0 Å². The van der Waals surface area contributed by atoms with Crippen LogP contribution in [0.25, 0.3) is 11.1 Å². The number of carbonyl (C=O) groups is 1. The van der Waals surface area contributed by atoms with Gasteiger partial charge in [0, 0.05) is 24.5 Å². The first-order chi connectivity index (χ1) is 15.4. The predicted octanol–water partition coefficient (Wildman–Crippen LogP) is 3.57. The van der Waals surface area contributed by atoms with Crippen LogP contribution >= 0.6 is 11.3 Å². The number of rotatable bonds is 5. The van der Waals surface area contributed by atoms with Gasteiger partial charge in [-0.15, -0.1) is 11.3 Å². The second kappa shape index (κ2) is 8.12. The highest BCUT2D eigenvalue weighted by atomic mass is 32.2. The van der Waals surface area contributed by atoms with E-state index in [0.717, 1.165) is 30.0 Å². The third-order valence-electron chi connectivity index (χ3n) is 6.27. The van der Waals surface area contributed by atoms with Gasteiger partial charge in [-0.2, -0.15) is 0 Å². The third kappa shape index (κ3) is 3.57.